The zero-order chi connectivity index (χ0) is 19.8. The van der Waals surface area contributed by atoms with E-state index in [0.29, 0.717) is 32.1 Å². The summed E-state index contributed by atoms with van der Waals surface area (Å²) in [6.07, 6.45) is -9.66. The lowest BCUT2D eigenvalue weighted by atomic mass is 9.71. The average molecular weight is 421 g/mol. The van der Waals surface area contributed by atoms with E-state index in [4.69, 9.17) is 16.3 Å². The number of alkyl halides is 7. The maximum Gasteiger partial charge on any atom is 0.364 e. The first-order valence-corrected chi connectivity index (χ1v) is 10.4. The Morgan fingerprint density at radius 3 is 1.89 bits per heavy atom. The van der Waals surface area contributed by atoms with Crippen LogP contribution in [0.15, 0.2) is 0 Å². The molecular weight excluding hydrogens is 394 g/mol. The van der Waals surface area contributed by atoms with Gasteiger partial charge in [0.15, 0.2) is 0 Å². The smallest absolute Gasteiger partial charge is 0.317 e. The van der Waals surface area contributed by atoms with Crippen LogP contribution in [0.4, 0.5) is 26.3 Å². The fourth-order valence-electron chi connectivity index (χ4n) is 5.07. The van der Waals surface area contributed by atoms with E-state index in [9.17, 15) is 26.3 Å². The Morgan fingerprint density at radius 2 is 1.33 bits per heavy atom. The molecule has 0 N–H and O–H groups in total. The molecule has 1 nitrogen and oxygen atoms in total. The molecule has 3 fully saturated rings. The highest BCUT2D eigenvalue weighted by atomic mass is 35.5. The molecule has 3 saturated carbocycles. The van der Waals surface area contributed by atoms with Gasteiger partial charge in [-0.2, -0.15) is 8.78 Å². The summed E-state index contributed by atoms with van der Waals surface area (Å²) in [4.78, 5) is 0. The molecule has 27 heavy (non-hydrogen) atoms. The van der Waals surface area contributed by atoms with Crippen LogP contribution in [0.5, 0.6) is 0 Å². The van der Waals surface area contributed by atoms with Crippen LogP contribution in [0.1, 0.15) is 57.8 Å². The second-order valence-electron chi connectivity index (χ2n) is 8.43. The summed E-state index contributed by atoms with van der Waals surface area (Å²) < 4.78 is 89.6. The predicted molar refractivity (Wildman–Crippen MR) is 91.1 cm³/mol. The molecule has 5 atom stereocenters. The molecule has 0 aromatic heterocycles. The molecule has 0 aromatic carbocycles. The fourth-order valence-corrected chi connectivity index (χ4v) is 5.41. The molecule has 8 heteroatoms. The highest BCUT2D eigenvalue weighted by Gasteiger charge is 2.55. The highest BCUT2D eigenvalue weighted by Crippen LogP contribution is 2.46. The summed E-state index contributed by atoms with van der Waals surface area (Å²) in [7, 11) is 0. The molecule has 5 unspecified atom stereocenters. The van der Waals surface area contributed by atoms with Crippen LogP contribution >= 0.6 is 11.6 Å². The van der Waals surface area contributed by atoms with E-state index in [0.717, 1.165) is 0 Å². The minimum Gasteiger partial charge on any atom is -0.317 e. The van der Waals surface area contributed by atoms with Crippen LogP contribution in [0.25, 0.3) is 0 Å². The molecule has 0 bridgehead atoms. The van der Waals surface area contributed by atoms with Crippen LogP contribution in [-0.2, 0) is 4.74 Å². The third-order valence-corrected chi connectivity index (χ3v) is 6.89. The van der Waals surface area contributed by atoms with E-state index in [2.05, 4.69) is 0 Å². The molecule has 0 spiro atoms. The van der Waals surface area contributed by atoms with E-state index < -0.39 is 48.2 Å². The summed E-state index contributed by atoms with van der Waals surface area (Å²) in [5, 5.41) is -0.813. The van der Waals surface area contributed by atoms with Crippen molar-refractivity contribution >= 4 is 11.6 Å². The fraction of sp³-hybridized carbons (Fsp3) is 1.00. The first-order valence-electron chi connectivity index (χ1n) is 9.93. The number of hydrogen-bond acceptors (Lipinski definition) is 1. The average Bonchev–Trinajstić information content (AvgIpc) is 2.54. The van der Waals surface area contributed by atoms with E-state index in [1.54, 1.807) is 0 Å². The van der Waals surface area contributed by atoms with Crippen LogP contribution in [0, 0.1) is 17.8 Å². The SMILES string of the molecule is FC1CCC(C2CCC(OC(F)(F)C3C(F)CC(Cl)CC3F)CC2F)CC1. The Hall–Kier alpha value is -0.170. The summed E-state index contributed by atoms with van der Waals surface area (Å²) >= 11 is 5.69. The first kappa shape index (κ1) is 21.5. The third-order valence-electron chi connectivity index (χ3n) is 6.53. The molecule has 0 heterocycles. The van der Waals surface area contributed by atoms with Gasteiger partial charge in [0, 0.05) is 11.8 Å². The zero-order valence-corrected chi connectivity index (χ0v) is 15.9. The van der Waals surface area contributed by atoms with Gasteiger partial charge >= 0.3 is 6.11 Å². The van der Waals surface area contributed by atoms with Crippen molar-refractivity contribution in [2.24, 2.45) is 17.8 Å². The van der Waals surface area contributed by atoms with Crippen molar-refractivity contribution in [1.29, 1.82) is 0 Å². The second kappa shape index (κ2) is 8.68. The van der Waals surface area contributed by atoms with Crippen LogP contribution < -0.4 is 0 Å². The summed E-state index contributed by atoms with van der Waals surface area (Å²) in [6.45, 7) is 0. The molecule has 0 saturated heterocycles. The Balaban J connectivity index is 1.55. The van der Waals surface area contributed by atoms with Gasteiger partial charge in [0.2, 0.25) is 0 Å². The van der Waals surface area contributed by atoms with Gasteiger partial charge in [-0.05, 0) is 63.2 Å². The molecule has 3 aliphatic carbocycles. The topological polar surface area (TPSA) is 9.23 Å². The van der Waals surface area contributed by atoms with E-state index in [1.807, 2.05) is 0 Å². The van der Waals surface area contributed by atoms with Crippen molar-refractivity contribution in [2.45, 2.75) is 100 Å². The summed E-state index contributed by atoms with van der Waals surface area (Å²) in [5.41, 5.74) is 0. The minimum absolute atomic E-state index is 0.0675. The minimum atomic E-state index is -4.00. The number of ether oxygens (including phenoxy) is 1. The zero-order valence-electron chi connectivity index (χ0n) is 15.1. The van der Waals surface area contributed by atoms with E-state index in [-0.39, 0.29) is 37.5 Å². The molecular formula is C19H27ClF6O. The van der Waals surface area contributed by atoms with Gasteiger partial charge in [-0.25, -0.2) is 17.6 Å². The van der Waals surface area contributed by atoms with Gasteiger partial charge < -0.3 is 4.74 Å². The molecule has 158 valence electrons. The van der Waals surface area contributed by atoms with E-state index >= 15 is 0 Å². The lowest BCUT2D eigenvalue weighted by Crippen LogP contribution is -2.50. The second-order valence-corrected chi connectivity index (χ2v) is 9.05. The standard InChI is InChI=1S/C19H27ClF6O/c20-11-7-16(23)18(17(24)8-11)19(25,26)27-13-5-6-14(15(22)9-13)10-1-3-12(21)4-2-10/h10-18H,1-9H2. The summed E-state index contributed by atoms with van der Waals surface area (Å²) in [5.74, 6) is -2.42. The van der Waals surface area contributed by atoms with Crippen LogP contribution in [-0.4, -0.2) is 42.3 Å². The number of rotatable bonds is 4. The van der Waals surface area contributed by atoms with Crippen LogP contribution in [0.2, 0.25) is 0 Å². The lowest BCUT2D eigenvalue weighted by molar-refractivity contribution is -0.319. The molecule has 3 rings (SSSR count). The van der Waals surface area contributed by atoms with Gasteiger partial charge in [-0.1, -0.05) is 0 Å². The monoisotopic (exact) mass is 420 g/mol. The first-order chi connectivity index (χ1) is 12.7. The maximum absolute atomic E-state index is 14.6. The molecule has 0 amide bonds. The molecule has 3 aliphatic rings. The van der Waals surface area contributed by atoms with Crippen molar-refractivity contribution in [3.05, 3.63) is 0 Å². The number of hydrogen-bond donors (Lipinski definition) is 0. The molecule has 0 aromatic rings. The van der Waals surface area contributed by atoms with E-state index in [1.165, 1.54) is 0 Å². The maximum atomic E-state index is 14.6. The van der Waals surface area contributed by atoms with Gasteiger partial charge in [0.05, 0.1) is 6.10 Å². The van der Waals surface area contributed by atoms with Crippen molar-refractivity contribution in [2.75, 3.05) is 0 Å². The number of halogens is 7. The summed E-state index contributed by atoms with van der Waals surface area (Å²) in [6, 6.07) is 0. The van der Waals surface area contributed by atoms with Gasteiger partial charge in [0.25, 0.3) is 0 Å². The lowest BCUT2D eigenvalue weighted by Gasteiger charge is -2.41. The van der Waals surface area contributed by atoms with Gasteiger partial charge in [-0.15, -0.1) is 11.6 Å². The molecule has 0 radical (unpaired) electrons. The Morgan fingerprint density at radius 1 is 0.741 bits per heavy atom. The van der Waals surface area contributed by atoms with Gasteiger partial charge in [0.1, 0.15) is 30.6 Å². The quantitative estimate of drug-likeness (QED) is 0.381. The normalized spacial score (nSPS) is 47.0. The van der Waals surface area contributed by atoms with Crippen LogP contribution in [0.3, 0.4) is 0 Å². The Labute approximate surface area is 161 Å². The highest BCUT2D eigenvalue weighted by molar-refractivity contribution is 6.20. The van der Waals surface area contributed by atoms with Gasteiger partial charge in [-0.3, -0.25) is 0 Å². The molecule has 0 aliphatic heterocycles. The third kappa shape index (κ3) is 5.06. The predicted octanol–water partition coefficient (Wildman–Crippen LogP) is 6.32. The largest absolute Gasteiger partial charge is 0.364 e. The van der Waals surface area contributed by atoms with Crippen molar-refractivity contribution < 1.29 is 31.1 Å². The Kier molecular flexibility index (Phi) is 6.92. The van der Waals surface area contributed by atoms with Crippen molar-refractivity contribution in [3.8, 4) is 0 Å². The van der Waals surface area contributed by atoms with Crippen molar-refractivity contribution in [1.82, 2.24) is 0 Å². The Bertz CT molecular complexity index is 475. The van der Waals surface area contributed by atoms with Crippen molar-refractivity contribution in [3.63, 3.8) is 0 Å².